The van der Waals surface area contributed by atoms with Gasteiger partial charge in [0.15, 0.2) is 0 Å². The van der Waals surface area contributed by atoms with Crippen molar-refractivity contribution >= 4 is 31.9 Å². The number of aliphatic hydroxyl groups excluding tert-OH is 1. The molecule has 0 aliphatic rings. The molecule has 78 valence electrons. The molecule has 1 heterocycles. The highest BCUT2D eigenvalue weighted by atomic mass is 79.9. The van der Waals surface area contributed by atoms with Gasteiger partial charge in [-0.25, -0.2) is 0 Å². The average molecular weight is 331 g/mol. The maximum absolute atomic E-state index is 10.1. The summed E-state index contributed by atoms with van der Waals surface area (Å²) in [6, 6.07) is 7.59. The first-order chi connectivity index (χ1) is 7.18. The predicted octanol–water partition coefficient (Wildman–Crippen LogP) is 3.62. The second-order valence-electron chi connectivity index (χ2n) is 3.21. The second-order valence-corrected chi connectivity index (χ2v) is 4.98. The Bertz CT molecular complexity index is 454. The molecule has 0 bridgehead atoms. The van der Waals surface area contributed by atoms with Gasteiger partial charge in [-0.05, 0) is 23.8 Å². The Balaban J connectivity index is 2.38. The summed E-state index contributed by atoms with van der Waals surface area (Å²) in [5, 5.41) is 10.1. The number of hydrogen-bond donors (Lipinski definition) is 2. The zero-order chi connectivity index (χ0) is 10.8. The van der Waals surface area contributed by atoms with Crippen molar-refractivity contribution in [2.24, 2.45) is 0 Å². The minimum Gasteiger partial charge on any atom is -0.384 e. The number of aliphatic hydroxyl groups is 1. The molecule has 2 nitrogen and oxygen atoms in total. The highest BCUT2D eigenvalue weighted by molar-refractivity contribution is 9.11. The Kier molecular flexibility index (Phi) is 3.29. The van der Waals surface area contributed by atoms with E-state index in [1.165, 1.54) is 0 Å². The summed E-state index contributed by atoms with van der Waals surface area (Å²) < 4.78 is 1.88. The van der Waals surface area contributed by atoms with Crippen LogP contribution in [0.5, 0.6) is 0 Å². The molecule has 4 heteroatoms. The first-order valence-electron chi connectivity index (χ1n) is 4.44. The summed E-state index contributed by atoms with van der Waals surface area (Å²) >= 11 is 6.81. The van der Waals surface area contributed by atoms with Gasteiger partial charge in [-0.1, -0.05) is 37.9 Å². The van der Waals surface area contributed by atoms with Crippen molar-refractivity contribution in [3.63, 3.8) is 0 Å². The second kappa shape index (κ2) is 4.51. The van der Waals surface area contributed by atoms with Gasteiger partial charge in [0.05, 0.1) is 0 Å². The molecule has 0 fully saturated rings. The van der Waals surface area contributed by atoms with Gasteiger partial charge in [0.25, 0.3) is 0 Å². The number of nitrogens with one attached hydrogen (secondary N) is 1. The lowest BCUT2D eigenvalue weighted by molar-refractivity contribution is 0.219. The van der Waals surface area contributed by atoms with Gasteiger partial charge in [0, 0.05) is 26.9 Å². The first-order valence-corrected chi connectivity index (χ1v) is 6.03. The number of aromatic amines is 1. The van der Waals surface area contributed by atoms with E-state index in [9.17, 15) is 5.11 Å². The van der Waals surface area contributed by atoms with Crippen LogP contribution in [0, 0.1) is 0 Å². The van der Waals surface area contributed by atoms with Gasteiger partial charge in [0.2, 0.25) is 0 Å². The van der Waals surface area contributed by atoms with E-state index in [1.54, 1.807) is 12.4 Å². The van der Waals surface area contributed by atoms with Crippen LogP contribution < -0.4 is 0 Å². The molecule has 2 aromatic rings. The average Bonchev–Trinajstić information content (AvgIpc) is 2.69. The summed E-state index contributed by atoms with van der Waals surface area (Å²) in [6.07, 6.45) is 2.99. The van der Waals surface area contributed by atoms with Crippen LogP contribution in [-0.4, -0.2) is 10.1 Å². The predicted molar refractivity (Wildman–Crippen MR) is 66.7 cm³/mol. The standard InChI is InChI=1S/C11H9Br2NO/c12-8-1-2-9(10(13)5-8)11(15)7-3-4-14-6-7/h1-6,11,14-15H. The topological polar surface area (TPSA) is 36.0 Å². The van der Waals surface area contributed by atoms with Gasteiger partial charge in [-0.3, -0.25) is 0 Å². The smallest absolute Gasteiger partial charge is 0.107 e. The third kappa shape index (κ3) is 2.33. The van der Waals surface area contributed by atoms with Crippen LogP contribution in [0.3, 0.4) is 0 Å². The lowest BCUT2D eigenvalue weighted by atomic mass is 10.0. The van der Waals surface area contributed by atoms with Crippen LogP contribution >= 0.6 is 31.9 Å². The summed E-state index contributed by atoms with van der Waals surface area (Å²) in [7, 11) is 0. The SMILES string of the molecule is OC(c1cc[nH]c1)c1ccc(Br)cc1Br. The largest absolute Gasteiger partial charge is 0.384 e. The zero-order valence-corrected chi connectivity index (χ0v) is 10.9. The summed E-state index contributed by atoms with van der Waals surface area (Å²) in [6.45, 7) is 0. The molecule has 1 aromatic heterocycles. The van der Waals surface area contributed by atoms with Crippen molar-refractivity contribution in [2.45, 2.75) is 6.10 Å². The molecular formula is C11H9Br2NO. The fourth-order valence-corrected chi connectivity index (χ4v) is 2.67. The van der Waals surface area contributed by atoms with Gasteiger partial charge < -0.3 is 10.1 Å². The van der Waals surface area contributed by atoms with E-state index in [-0.39, 0.29) is 0 Å². The molecule has 0 aliphatic heterocycles. The Morgan fingerprint density at radius 1 is 1.20 bits per heavy atom. The van der Waals surface area contributed by atoms with Crippen LogP contribution in [0.15, 0.2) is 45.6 Å². The third-order valence-corrected chi connectivity index (χ3v) is 3.37. The van der Waals surface area contributed by atoms with Crippen molar-refractivity contribution in [2.75, 3.05) is 0 Å². The van der Waals surface area contributed by atoms with Crippen molar-refractivity contribution in [3.05, 3.63) is 56.7 Å². The molecule has 0 amide bonds. The first kappa shape index (κ1) is 10.9. The van der Waals surface area contributed by atoms with Gasteiger partial charge in [-0.2, -0.15) is 0 Å². The van der Waals surface area contributed by atoms with Gasteiger partial charge in [-0.15, -0.1) is 0 Å². The van der Waals surface area contributed by atoms with E-state index in [0.717, 1.165) is 20.1 Å². The van der Waals surface area contributed by atoms with Crippen LogP contribution in [0.2, 0.25) is 0 Å². The molecule has 1 atom stereocenters. The lowest BCUT2D eigenvalue weighted by Crippen LogP contribution is -1.98. The highest BCUT2D eigenvalue weighted by Crippen LogP contribution is 2.30. The Hall–Kier alpha value is -0.580. The van der Waals surface area contributed by atoms with Gasteiger partial charge in [0.1, 0.15) is 6.10 Å². The van der Waals surface area contributed by atoms with Crippen LogP contribution in [-0.2, 0) is 0 Å². The maximum Gasteiger partial charge on any atom is 0.107 e. The molecular weight excluding hydrogens is 322 g/mol. The van der Waals surface area contributed by atoms with Crippen molar-refractivity contribution < 1.29 is 5.11 Å². The molecule has 0 radical (unpaired) electrons. The molecule has 2 N–H and O–H groups in total. The van der Waals surface area contributed by atoms with E-state index < -0.39 is 6.10 Å². The van der Waals surface area contributed by atoms with E-state index in [0.29, 0.717) is 0 Å². The molecule has 1 unspecified atom stereocenters. The summed E-state index contributed by atoms with van der Waals surface area (Å²) in [5.41, 5.74) is 1.72. The quantitative estimate of drug-likeness (QED) is 0.866. The number of aromatic nitrogens is 1. The van der Waals surface area contributed by atoms with Crippen molar-refractivity contribution in [1.29, 1.82) is 0 Å². The molecule has 0 saturated carbocycles. The van der Waals surface area contributed by atoms with Crippen molar-refractivity contribution in [3.8, 4) is 0 Å². The number of halogens is 2. The van der Waals surface area contributed by atoms with E-state index in [2.05, 4.69) is 36.8 Å². The molecule has 0 spiro atoms. The van der Waals surface area contributed by atoms with Crippen molar-refractivity contribution in [1.82, 2.24) is 4.98 Å². The van der Waals surface area contributed by atoms with Crippen LogP contribution in [0.4, 0.5) is 0 Å². The number of hydrogen-bond acceptors (Lipinski definition) is 1. The number of H-pyrrole nitrogens is 1. The molecule has 1 aromatic carbocycles. The molecule has 0 aliphatic carbocycles. The minimum atomic E-state index is -0.598. The monoisotopic (exact) mass is 329 g/mol. The normalized spacial score (nSPS) is 12.7. The molecule has 15 heavy (non-hydrogen) atoms. The van der Waals surface area contributed by atoms with E-state index in [4.69, 9.17) is 0 Å². The molecule has 2 rings (SSSR count). The molecule has 0 saturated heterocycles. The fourth-order valence-electron chi connectivity index (χ4n) is 1.41. The fraction of sp³-hybridized carbons (Fsp3) is 0.0909. The van der Waals surface area contributed by atoms with Gasteiger partial charge >= 0.3 is 0 Å². The zero-order valence-electron chi connectivity index (χ0n) is 7.74. The lowest BCUT2D eigenvalue weighted by Gasteiger charge is -2.11. The Labute approximate surface area is 105 Å². The Morgan fingerprint density at radius 2 is 2.00 bits per heavy atom. The minimum absolute atomic E-state index is 0.598. The van der Waals surface area contributed by atoms with E-state index in [1.807, 2.05) is 24.3 Å². The van der Waals surface area contributed by atoms with Crippen LogP contribution in [0.25, 0.3) is 0 Å². The third-order valence-electron chi connectivity index (χ3n) is 2.19. The Morgan fingerprint density at radius 3 is 2.60 bits per heavy atom. The number of benzene rings is 1. The summed E-state index contributed by atoms with van der Waals surface area (Å²) in [4.78, 5) is 2.93. The maximum atomic E-state index is 10.1. The summed E-state index contributed by atoms with van der Waals surface area (Å²) in [5.74, 6) is 0. The van der Waals surface area contributed by atoms with E-state index >= 15 is 0 Å². The number of rotatable bonds is 2. The van der Waals surface area contributed by atoms with Crippen LogP contribution in [0.1, 0.15) is 17.2 Å². The highest BCUT2D eigenvalue weighted by Gasteiger charge is 2.13.